The molecule has 0 unspecified atom stereocenters. The third-order valence-electron chi connectivity index (χ3n) is 2.77. The SMILES string of the molecule is C/C(=N/NC(=O)c1ccc(O)cc1)c1cc(F)ccc1F. The Hall–Kier alpha value is -2.76. The van der Waals surface area contributed by atoms with Crippen LogP contribution in [0.1, 0.15) is 22.8 Å². The number of phenols is 1. The van der Waals surface area contributed by atoms with E-state index in [4.69, 9.17) is 5.11 Å². The molecule has 21 heavy (non-hydrogen) atoms. The number of benzene rings is 2. The number of halogens is 2. The van der Waals surface area contributed by atoms with Crippen LogP contribution in [0.5, 0.6) is 5.75 Å². The summed E-state index contributed by atoms with van der Waals surface area (Å²) in [6, 6.07) is 8.54. The summed E-state index contributed by atoms with van der Waals surface area (Å²) < 4.78 is 26.6. The van der Waals surface area contributed by atoms with Crippen molar-refractivity contribution >= 4 is 11.6 Å². The van der Waals surface area contributed by atoms with Gasteiger partial charge in [0.25, 0.3) is 5.91 Å². The molecule has 0 aliphatic carbocycles. The first kappa shape index (κ1) is 14.6. The second kappa shape index (κ2) is 6.13. The van der Waals surface area contributed by atoms with E-state index in [0.717, 1.165) is 18.2 Å². The highest BCUT2D eigenvalue weighted by Gasteiger charge is 2.09. The molecule has 0 saturated heterocycles. The van der Waals surface area contributed by atoms with Gasteiger partial charge in [-0.1, -0.05) is 0 Å². The Morgan fingerprint density at radius 1 is 1.14 bits per heavy atom. The third-order valence-corrected chi connectivity index (χ3v) is 2.77. The molecular weight excluding hydrogens is 278 g/mol. The molecule has 4 nitrogen and oxygen atoms in total. The third kappa shape index (κ3) is 3.62. The van der Waals surface area contributed by atoms with Gasteiger partial charge in [0.15, 0.2) is 0 Å². The summed E-state index contributed by atoms with van der Waals surface area (Å²) in [6.45, 7) is 1.45. The molecule has 108 valence electrons. The second-order valence-corrected chi connectivity index (χ2v) is 4.31. The molecule has 0 fully saturated rings. The molecule has 0 heterocycles. The maximum atomic E-state index is 13.5. The van der Waals surface area contributed by atoms with Gasteiger partial charge in [0.1, 0.15) is 17.4 Å². The molecule has 2 N–H and O–H groups in total. The summed E-state index contributed by atoms with van der Waals surface area (Å²) in [5.41, 5.74) is 2.63. The molecule has 2 rings (SSSR count). The standard InChI is InChI=1S/C15H12F2N2O2/c1-9(13-8-11(16)4-7-14(13)17)18-19-15(21)10-2-5-12(20)6-3-10/h2-8,20H,1H3,(H,19,21)/b18-9-. The summed E-state index contributed by atoms with van der Waals surface area (Å²) in [6.07, 6.45) is 0. The van der Waals surface area contributed by atoms with Gasteiger partial charge < -0.3 is 5.11 Å². The Labute approximate surface area is 119 Å². The van der Waals surface area contributed by atoms with E-state index in [9.17, 15) is 13.6 Å². The number of nitrogens with one attached hydrogen (secondary N) is 1. The molecular formula is C15H12F2N2O2. The number of nitrogens with zero attached hydrogens (tertiary/aromatic N) is 1. The van der Waals surface area contributed by atoms with Crippen LogP contribution in [-0.2, 0) is 0 Å². The van der Waals surface area contributed by atoms with E-state index in [-0.39, 0.29) is 22.6 Å². The van der Waals surface area contributed by atoms with Crippen LogP contribution >= 0.6 is 0 Å². The van der Waals surface area contributed by atoms with E-state index in [1.807, 2.05) is 0 Å². The van der Waals surface area contributed by atoms with E-state index in [2.05, 4.69) is 10.5 Å². The van der Waals surface area contributed by atoms with Gasteiger partial charge in [0.2, 0.25) is 0 Å². The first-order valence-electron chi connectivity index (χ1n) is 6.06. The van der Waals surface area contributed by atoms with Crippen molar-refractivity contribution in [2.24, 2.45) is 5.10 Å². The van der Waals surface area contributed by atoms with Crippen molar-refractivity contribution in [1.82, 2.24) is 5.43 Å². The summed E-state index contributed by atoms with van der Waals surface area (Å²) in [7, 11) is 0. The van der Waals surface area contributed by atoms with Gasteiger partial charge in [-0.3, -0.25) is 4.79 Å². The van der Waals surface area contributed by atoms with Crippen LogP contribution in [0.3, 0.4) is 0 Å². The van der Waals surface area contributed by atoms with E-state index in [1.165, 1.54) is 31.2 Å². The highest BCUT2D eigenvalue weighted by molar-refractivity contribution is 6.01. The molecule has 1 amide bonds. The van der Waals surface area contributed by atoms with Gasteiger partial charge >= 0.3 is 0 Å². The van der Waals surface area contributed by atoms with Crippen molar-refractivity contribution in [3.05, 3.63) is 65.2 Å². The average molecular weight is 290 g/mol. The van der Waals surface area contributed by atoms with Crippen molar-refractivity contribution in [2.75, 3.05) is 0 Å². The Balaban J connectivity index is 2.14. The smallest absolute Gasteiger partial charge is 0.271 e. The van der Waals surface area contributed by atoms with Crippen LogP contribution in [0.2, 0.25) is 0 Å². The number of rotatable bonds is 3. The van der Waals surface area contributed by atoms with Gasteiger partial charge in [0.05, 0.1) is 5.71 Å². The van der Waals surface area contributed by atoms with Crippen molar-refractivity contribution < 1.29 is 18.7 Å². The first-order chi connectivity index (χ1) is 9.97. The molecule has 6 heteroatoms. The van der Waals surface area contributed by atoms with Gasteiger partial charge in [-0.25, -0.2) is 14.2 Å². The zero-order valence-corrected chi connectivity index (χ0v) is 11.1. The van der Waals surface area contributed by atoms with Crippen molar-refractivity contribution in [2.45, 2.75) is 6.92 Å². The predicted molar refractivity (Wildman–Crippen MR) is 74.1 cm³/mol. The van der Waals surface area contributed by atoms with Crippen LogP contribution in [0, 0.1) is 11.6 Å². The van der Waals surface area contributed by atoms with Crippen molar-refractivity contribution in [3.8, 4) is 5.75 Å². The molecule has 0 aliphatic rings. The lowest BCUT2D eigenvalue weighted by molar-refractivity contribution is 0.0955. The van der Waals surface area contributed by atoms with Gasteiger partial charge in [-0.2, -0.15) is 5.10 Å². The maximum absolute atomic E-state index is 13.5. The van der Waals surface area contributed by atoms with Crippen LogP contribution < -0.4 is 5.43 Å². The zero-order valence-electron chi connectivity index (χ0n) is 11.1. The lowest BCUT2D eigenvalue weighted by atomic mass is 10.1. The van der Waals surface area contributed by atoms with Crippen molar-refractivity contribution in [1.29, 1.82) is 0 Å². The molecule has 0 atom stereocenters. The molecule has 2 aromatic carbocycles. The Morgan fingerprint density at radius 3 is 2.48 bits per heavy atom. The van der Waals surface area contributed by atoms with E-state index >= 15 is 0 Å². The minimum Gasteiger partial charge on any atom is -0.508 e. The van der Waals surface area contributed by atoms with Gasteiger partial charge in [-0.15, -0.1) is 0 Å². The number of carbonyl (C=O) groups is 1. The Bertz CT molecular complexity index is 697. The number of aromatic hydroxyl groups is 1. The number of amides is 1. The van der Waals surface area contributed by atoms with E-state index < -0.39 is 17.5 Å². The minimum atomic E-state index is -0.628. The normalized spacial score (nSPS) is 11.3. The highest BCUT2D eigenvalue weighted by atomic mass is 19.1. The second-order valence-electron chi connectivity index (χ2n) is 4.31. The molecule has 0 aromatic heterocycles. The Morgan fingerprint density at radius 2 is 1.81 bits per heavy atom. The van der Waals surface area contributed by atoms with Crippen LogP contribution in [0.15, 0.2) is 47.6 Å². The Kier molecular flexibility index (Phi) is 4.27. The fourth-order valence-corrected chi connectivity index (χ4v) is 1.65. The summed E-state index contributed by atoms with van der Waals surface area (Å²) >= 11 is 0. The van der Waals surface area contributed by atoms with Gasteiger partial charge in [-0.05, 0) is 49.4 Å². The molecule has 0 radical (unpaired) electrons. The van der Waals surface area contributed by atoms with Gasteiger partial charge in [0, 0.05) is 11.1 Å². The summed E-state index contributed by atoms with van der Waals surface area (Å²) in [4.78, 5) is 11.8. The largest absolute Gasteiger partial charge is 0.508 e. The highest BCUT2D eigenvalue weighted by Crippen LogP contribution is 2.11. The van der Waals surface area contributed by atoms with Crippen LogP contribution in [0.4, 0.5) is 8.78 Å². The number of hydrogen-bond acceptors (Lipinski definition) is 3. The number of hydrogen-bond donors (Lipinski definition) is 2. The molecule has 0 bridgehead atoms. The maximum Gasteiger partial charge on any atom is 0.271 e. The fraction of sp³-hybridized carbons (Fsp3) is 0.0667. The molecule has 0 spiro atoms. The van der Waals surface area contributed by atoms with E-state index in [0.29, 0.717) is 0 Å². The lowest BCUT2D eigenvalue weighted by Crippen LogP contribution is -2.19. The quantitative estimate of drug-likeness (QED) is 0.674. The van der Waals surface area contributed by atoms with E-state index in [1.54, 1.807) is 0 Å². The number of phenolic OH excluding ortho intramolecular Hbond substituents is 1. The predicted octanol–water partition coefficient (Wildman–Crippen LogP) is 2.82. The average Bonchev–Trinajstić information content (AvgIpc) is 2.47. The zero-order chi connectivity index (χ0) is 15.4. The molecule has 0 saturated carbocycles. The van der Waals surface area contributed by atoms with Crippen LogP contribution in [-0.4, -0.2) is 16.7 Å². The lowest BCUT2D eigenvalue weighted by Gasteiger charge is -2.04. The molecule has 2 aromatic rings. The monoisotopic (exact) mass is 290 g/mol. The number of hydrazone groups is 1. The summed E-state index contributed by atoms with van der Waals surface area (Å²) in [5, 5.41) is 12.9. The van der Waals surface area contributed by atoms with Crippen LogP contribution in [0.25, 0.3) is 0 Å². The summed E-state index contributed by atoms with van der Waals surface area (Å²) in [5.74, 6) is -1.71. The minimum absolute atomic E-state index is 0.0268. The number of carbonyl (C=O) groups excluding carboxylic acids is 1. The molecule has 0 aliphatic heterocycles. The first-order valence-corrected chi connectivity index (χ1v) is 6.06. The van der Waals surface area contributed by atoms with Crippen molar-refractivity contribution in [3.63, 3.8) is 0 Å². The fourth-order valence-electron chi connectivity index (χ4n) is 1.65. The topological polar surface area (TPSA) is 61.7 Å².